The number of anilines is 1. The van der Waals surface area contributed by atoms with Gasteiger partial charge in [0.25, 0.3) is 5.91 Å². The normalized spacial score (nSPS) is 10.7. The molecule has 1 N–H and O–H groups in total. The lowest BCUT2D eigenvalue weighted by Gasteiger charge is -2.14. The lowest BCUT2D eigenvalue weighted by Crippen LogP contribution is -2.13. The lowest BCUT2D eigenvalue weighted by molar-refractivity contribution is 0.102. The fraction of sp³-hybridized carbons (Fsp3) is 0.269. The summed E-state index contributed by atoms with van der Waals surface area (Å²) in [5.41, 5.74) is 2.49. The van der Waals surface area contributed by atoms with E-state index in [2.05, 4.69) is 47.2 Å². The number of rotatable bonds is 10. The van der Waals surface area contributed by atoms with E-state index in [-0.39, 0.29) is 5.91 Å². The molecule has 0 saturated heterocycles. The van der Waals surface area contributed by atoms with Crippen LogP contribution >= 0.6 is 15.9 Å². The van der Waals surface area contributed by atoms with E-state index < -0.39 is 0 Å². The number of aryl methyl sites for hydroxylation is 1. The molecule has 3 aromatic rings. The summed E-state index contributed by atoms with van der Waals surface area (Å²) in [7, 11) is 0. The Morgan fingerprint density at radius 1 is 0.935 bits per heavy atom. The standard InChI is InChI=1S/C26H28BrNO3/c1-19(2)18-31-24-15-14-21(17-22(24)27)26(29)28-23-12-6-7-13-25(23)30-16-8-11-20-9-4-3-5-10-20/h3-7,9-10,12-15,17,19H,8,11,16,18H2,1-2H3,(H,28,29). The van der Waals surface area contributed by atoms with Crippen LogP contribution in [0.3, 0.4) is 0 Å². The summed E-state index contributed by atoms with van der Waals surface area (Å²) in [6, 6.07) is 23.2. The van der Waals surface area contributed by atoms with Crippen LogP contribution in [0.5, 0.6) is 11.5 Å². The molecule has 5 heteroatoms. The smallest absolute Gasteiger partial charge is 0.255 e. The summed E-state index contributed by atoms with van der Waals surface area (Å²) in [6.45, 7) is 5.39. The maximum atomic E-state index is 12.8. The van der Waals surface area contributed by atoms with Crippen LogP contribution in [0.4, 0.5) is 5.69 Å². The number of amides is 1. The van der Waals surface area contributed by atoms with Gasteiger partial charge in [-0.25, -0.2) is 0 Å². The van der Waals surface area contributed by atoms with Gasteiger partial charge in [-0.3, -0.25) is 4.79 Å². The molecule has 0 aromatic heterocycles. The van der Waals surface area contributed by atoms with Crippen molar-refractivity contribution in [1.29, 1.82) is 0 Å². The first-order chi connectivity index (χ1) is 15.0. The highest BCUT2D eigenvalue weighted by Crippen LogP contribution is 2.28. The van der Waals surface area contributed by atoms with Gasteiger partial charge in [-0.1, -0.05) is 56.3 Å². The van der Waals surface area contributed by atoms with E-state index in [1.54, 1.807) is 12.1 Å². The van der Waals surface area contributed by atoms with Crippen molar-refractivity contribution >= 4 is 27.5 Å². The van der Waals surface area contributed by atoms with Crippen LogP contribution in [0.1, 0.15) is 36.2 Å². The number of halogens is 1. The molecular weight excluding hydrogens is 454 g/mol. The third-order valence-electron chi connectivity index (χ3n) is 4.61. The minimum Gasteiger partial charge on any atom is -0.492 e. The summed E-state index contributed by atoms with van der Waals surface area (Å²) >= 11 is 3.50. The Bertz CT molecular complexity index is 989. The molecule has 0 heterocycles. The minimum atomic E-state index is -0.198. The van der Waals surface area contributed by atoms with Crippen LogP contribution in [-0.4, -0.2) is 19.1 Å². The molecule has 0 radical (unpaired) electrons. The largest absolute Gasteiger partial charge is 0.492 e. The summed E-state index contributed by atoms with van der Waals surface area (Å²) in [6.07, 6.45) is 1.85. The number of para-hydroxylation sites is 2. The highest BCUT2D eigenvalue weighted by atomic mass is 79.9. The summed E-state index contributed by atoms with van der Waals surface area (Å²) < 4.78 is 12.5. The van der Waals surface area contributed by atoms with E-state index in [1.807, 2.05) is 48.5 Å². The maximum Gasteiger partial charge on any atom is 0.255 e. The van der Waals surface area contributed by atoms with Crippen molar-refractivity contribution in [2.75, 3.05) is 18.5 Å². The average molecular weight is 482 g/mol. The zero-order valence-corrected chi connectivity index (χ0v) is 19.5. The third-order valence-corrected chi connectivity index (χ3v) is 5.23. The number of carbonyl (C=O) groups excluding carboxylic acids is 1. The zero-order valence-electron chi connectivity index (χ0n) is 17.9. The molecule has 0 unspecified atom stereocenters. The second-order valence-electron chi connectivity index (χ2n) is 7.74. The van der Waals surface area contributed by atoms with Gasteiger partial charge in [-0.05, 0) is 70.6 Å². The molecule has 0 spiro atoms. The molecule has 3 aromatic carbocycles. The van der Waals surface area contributed by atoms with Gasteiger partial charge in [0, 0.05) is 5.56 Å². The second kappa shape index (κ2) is 11.6. The molecule has 4 nitrogen and oxygen atoms in total. The van der Waals surface area contributed by atoms with Gasteiger partial charge in [-0.15, -0.1) is 0 Å². The van der Waals surface area contributed by atoms with E-state index in [0.29, 0.717) is 36.1 Å². The number of nitrogens with one attached hydrogen (secondary N) is 1. The van der Waals surface area contributed by atoms with Crippen molar-refractivity contribution in [1.82, 2.24) is 0 Å². The van der Waals surface area contributed by atoms with E-state index in [9.17, 15) is 4.79 Å². The van der Waals surface area contributed by atoms with Gasteiger partial charge in [0.15, 0.2) is 0 Å². The predicted molar refractivity (Wildman–Crippen MR) is 129 cm³/mol. The quantitative estimate of drug-likeness (QED) is 0.325. The first kappa shape index (κ1) is 22.9. The summed E-state index contributed by atoms with van der Waals surface area (Å²) in [4.78, 5) is 12.8. The average Bonchev–Trinajstić information content (AvgIpc) is 2.77. The van der Waals surface area contributed by atoms with Crippen LogP contribution in [0.15, 0.2) is 77.3 Å². The first-order valence-corrected chi connectivity index (χ1v) is 11.3. The monoisotopic (exact) mass is 481 g/mol. The molecule has 0 atom stereocenters. The van der Waals surface area contributed by atoms with E-state index in [0.717, 1.165) is 23.1 Å². The highest BCUT2D eigenvalue weighted by molar-refractivity contribution is 9.10. The molecule has 0 saturated carbocycles. The molecule has 0 bridgehead atoms. The molecular formula is C26H28BrNO3. The Hall–Kier alpha value is -2.79. The minimum absolute atomic E-state index is 0.198. The van der Waals surface area contributed by atoms with Gasteiger partial charge >= 0.3 is 0 Å². The molecule has 0 fully saturated rings. The van der Waals surface area contributed by atoms with Gasteiger partial charge < -0.3 is 14.8 Å². The van der Waals surface area contributed by atoms with Crippen LogP contribution < -0.4 is 14.8 Å². The molecule has 0 aliphatic rings. The van der Waals surface area contributed by atoms with Crippen molar-refractivity contribution < 1.29 is 14.3 Å². The Morgan fingerprint density at radius 3 is 2.42 bits per heavy atom. The van der Waals surface area contributed by atoms with Crippen LogP contribution in [0.2, 0.25) is 0 Å². The molecule has 162 valence electrons. The van der Waals surface area contributed by atoms with Gasteiger partial charge in [0.2, 0.25) is 0 Å². The van der Waals surface area contributed by atoms with Crippen molar-refractivity contribution in [2.45, 2.75) is 26.7 Å². The topological polar surface area (TPSA) is 47.6 Å². The Morgan fingerprint density at radius 2 is 1.68 bits per heavy atom. The van der Waals surface area contributed by atoms with E-state index in [4.69, 9.17) is 9.47 Å². The summed E-state index contributed by atoms with van der Waals surface area (Å²) in [5.74, 6) is 1.63. The van der Waals surface area contributed by atoms with Crippen LogP contribution in [0.25, 0.3) is 0 Å². The van der Waals surface area contributed by atoms with Crippen molar-refractivity contribution in [3.63, 3.8) is 0 Å². The fourth-order valence-corrected chi connectivity index (χ4v) is 3.50. The van der Waals surface area contributed by atoms with Gasteiger partial charge in [0.05, 0.1) is 23.4 Å². The maximum absolute atomic E-state index is 12.8. The Kier molecular flexibility index (Phi) is 8.53. The molecule has 0 aliphatic heterocycles. The van der Waals surface area contributed by atoms with E-state index in [1.165, 1.54) is 5.56 Å². The van der Waals surface area contributed by atoms with E-state index >= 15 is 0 Å². The van der Waals surface area contributed by atoms with Gasteiger partial charge in [-0.2, -0.15) is 0 Å². The number of ether oxygens (including phenoxy) is 2. The Labute approximate surface area is 192 Å². The van der Waals surface area contributed by atoms with Crippen molar-refractivity contribution in [3.8, 4) is 11.5 Å². The number of benzene rings is 3. The molecule has 1 amide bonds. The Balaban J connectivity index is 1.58. The third kappa shape index (κ3) is 7.14. The van der Waals surface area contributed by atoms with Gasteiger partial charge in [0.1, 0.15) is 11.5 Å². The van der Waals surface area contributed by atoms with Crippen molar-refractivity contribution in [2.24, 2.45) is 5.92 Å². The SMILES string of the molecule is CC(C)COc1ccc(C(=O)Nc2ccccc2OCCCc2ccccc2)cc1Br. The van der Waals surface area contributed by atoms with Crippen LogP contribution in [-0.2, 0) is 6.42 Å². The first-order valence-electron chi connectivity index (χ1n) is 10.5. The number of hydrogen-bond acceptors (Lipinski definition) is 3. The van der Waals surface area contributed by atoms with Crippen molar-refractivity contribution in [3.05, 3.63) is 88.4 Å². The zero-order chi connectivity index (χ0) is 22.1. The summed E-state index contributed by atoms with van der Waals surface area (Å²) in [5, 5.41) is 2.96. The molecule has 31 heavy (non-hydrogen) atoms. The highest BCUT2D eigenvalue weighted by Gasteiger charge is 2.12. The van der Waals surface area contributed by atoms with Crippen LogP contribution in [0, 0.1) is 5.92 Å². The second-order valence-corrected chi connectivity index (χ2v) is 8.59. The predicted octanol–water partition coefficient (Wildman–Crippen LogP) is 6.75. The fourth-order valence-electron chi connectivity index (χ4n) is 3.01. The number of carbonyl (C=O) groups is 1. The molecule has 3 rings (SSSR count). The number of hydrogen-bond donors (Lipinski definition) is 1. The molecule has 0 aliphatic carbocycles. The lowest BCUT2D eigenvalue weighted by atomic mass is 10.1.